The number of aromatic nitrogens is 3. The van der Waals surface area contributed by atoms with Crippen molar-refractivity contribution in [2.24, 2.45) is 0 Å². The predicted molar refractivity (Wildman–Crippen MR) is 73.9 cm³/mol. The standard InChI is InChI=1S/C12H13N5O3S/c18-11(19)8-7-21-10(15-8)5-14-12(20)17-4-3-16-2-1-13-9(16)6-17/h1-2,7H,3-6H2,(H,14,20)(H,18,19). The summed E-state index contributed by atoms with van der Waals surface area (Å²) in [6, 6.07) is -0.198. The van der Waals surface area contributed by atoms with Crippen molar-refractivity contribution in [3.63, 3.8) is 0 Å². The third-order valence-electron chi connectivity index (χ3n) is 3.19. The molecule has 2 aromatic rings. The van der Waals surface area contributed by atoms with E-state index in [0.717, 1.165) is 12.4 Å². The van der Waals surface area contributed by atoms with Crippen molar-refractivity contribution in [1.82, 2.24) is 24.8 Å². The second kappa shape index (κ2) is 5.52. The van der Waals surface area contributed by atoms with Crippen molar-refractivity contribution >= 4 is 23.3 Å². The van der Waals surface area contributed by atoms with Gasteiger partial charge in [-0.15, -0.1) is 11.3 Å². The zero-order valence-corrected chi connectivity index (χ0v) is 11.8. The number of nitrogens with one attached hydrogen (secondary N) is 1. The SMILES string of the molecule is O=C(O)c1csc(CNC(=O)N2CCn3ccnc3C2)n1. The molecule has 0 radical (unpaired) electrons. The van der Waals surface area contributed by atoms with Gasteiger partial charge in [0.15, 0.2) is 5.69 Å². The molecule has 0 bridgehead atoms. The largest absolute Gasteiger partial charge is 0.476 e. The lowest BCUT2D eigenvalue weighted by Crippen LogP contribution is -2.43. The molecule has 2 amide bonds. The van der Waals surface area contributed by atoms with Crippen LogP contribution in [0, 0.1) is 0 Å². The van der Waals surface area contributed by atoms with Crippen molar-refractivity contribution in [1.29, 1.82) is 0 Å². The summed E-state index contributed by atoms with van der Waals surface area (Å²) in [4.78, 5) is 32.6. The highest BCUT2D eigenvalue weighted by Gasteiger charge is 2.21. The number of hydrogen-bond acceptors (Lipinski definition) is 5. The van der Waals surface area contributed by atoms with E-state index in [0.29, 0.717) is 18.1 Å². The molecule has 21 heavy (non-hydrogen) atoms. The lowest BCUT2D eigenvalue weighted by atomic mass is 10.4. The molecule has 0 saturated carbocycles. The highest BCUT2D eigenvalue weighted by Crippen LogP contribution is 2.12. The van der Waals surface area contributed by atoms with Crippen LogP contribution in [0.4, 0.5) is 4.79 Å². The van der Waals surface area contributed by atoms with Gasteiger partial charge in [0, 0.05) is 30.9 Å². The summed E-state index contributed by atoms with van der Waals surface area (Å²) < 4.78 is 2.02. The van der Waals surface area contributed by atoms with Gasteiger partial charge < -0.3 is 19.9 Å². The molecule has 0 spiro atoms. The predicted octanol–water partition coefficient (Wildman–Crippen LogP) is 0.763. The van der Waals surface area contributed by atoms with E-state index in [1.807, 2.05) is 10.8 Å². The Morgan fingerprint density at radius 2 is 2.29 bits per heavy atom. The molecule has 9 heteroatoms. The van der Waals surface area contributed by atoms with E-state index in [2.05, 4.69) is 15.3 Å². The average Bonchev–Trinajstić information content (AvgIpc) is 3.12. The molecule has 0 fully saturated rings. The van der Waals surface area contributed by atoms with Crippen molar-refractivity contribution in [3.05, 3.63) is 34.3 Å². The van der Waals surface area contributed by atoms with E-state index in [-0.39, 0.29) is 18.3 Å². The van der Waals surface area contributed by atoms with Crippen LogP contribution in [0.25, 0.3) is 0 Å². The second-order valence-electron chi connectivity index (χ2n) is 4.55. The van der Waals surface area contributed by atoms with Crippen molar-refractivity contribution in [3.8, 4) is 0 Å². The molecule has 0 aliphatic carbocycles. The molecule has 0 saturated heterocycles. The lowest BCUT2D eigenvalue weighted by molar-refractivity contribution is 0.0691. The maximum absolute atomic E-state index is 12.1. The molecule has 0 unspecified atom stereocenters. The summed E-state index contributed by atoms with van der Waals surface area (Å²) >= 11 is 1.21. The van der Waals surface area contributed by atoms with Crippen LogP contribution in [0.5, 0.6) is 0 Å². The molecular weight excluding hydrogens is 294 g/mol. The zero-order chi connectivity index (χ0) is 14.8. The minimum absolute atomic E-state index is 0.00393. The number of nitrogens with zero attached hydrogens (tertiary/aromatic N) is 4. The number of carbonyl (C=O) groups excluding carboxylic acids is 1. The summed E-state index contributed by atoms with van der Waals surface area (Å²) in [6.45, 7) is 2.04. The van der Waals surface area contributed by atoms with Gasteiger partial charge in [0.05, 0.1) is 13.1 Å². The fraction of sp³-hybridized carbons (Fsp3) is 0.333. The fourth-order valence-corrected chi connectivity index (χ4v) is 2.81. The fourth-order valence-electron chi connectivity index (χ4n) is 2.10. The van der Waals surface area contributed by atoms with Gasteiger partial charge in [0.25, 0.3) is 0 Å². The molecule has 0 aromatic carbocycles. The number of amides is 2. The van der Waals surface area contributed by atoms with Gasteiger partial charge >= 0.3 is 12.0 Å². The molecule has 2 N–H and O–H groups in total. The van der Waals surface area contributed by atoms with Crippen LogP contribution in [-0.4, -0.2) is 43.1 Å². The quantitative estimate of drug-likeness (QED) is 0.872. The Balaban J connectivity index is 1.56. The van der Waals surface area contributed by atoms with E-state index in [4.69, 9.17) is 5.11 Å². The molecular formula is C12H13N5O3S. The Morgan fingerprint density at radius 3 is 3.05 bits per heavy atom. The Kier molecular flexibility index (Phi) is 3.57. The molecule has 0 atom stereocenters. The van der Waals surface area contributed by atoms with Crippen LogP contribution in [-0.2, 0) is 19.6 Å². The lowest BCUT2D eigenvalue weighted by Gasteiger charge is -2.27. The zero-order valence-electron chi connectivity index (χ0n) is 11.0. The first-order chi connectivity index (χ1) is 10.1. The van der Waals surface area contributed by atoms with E-state index in [9.17, 15) is 9.59 Å². The first-order valence-electron chi connectivity index (χ1n) is 6.34. The van der Waals surface area contributed by atoms with Crippen LogP contribution in [0.15, 0.2) is 17.8 Å². The van der Waals surface area contributed by atoms with Crippen LogP contribution in [0.2, 0.25) is 0 Å². The molecule has 1 aliphatic rings. The molecule has 1 aliphatic heterocycles. The number of carboxylic acid groups (broad SMARTS) is 1. The van der Waals surface area contributed by atoms with Crippen LogP contribution >= 0.6 is 11.3 Å². The minimum atomic E-state index is -1.06. The summed E-state index contributed by atoms with van der Waals surface area (Å²) in [5.74, 6) is -0.203. The monoisotopic (exact) mass is 307 g/mol. The number of rotatable bonds is 3. The van der Waals surface area contributed by atoms with E-state index in [1.165, 1.54) is 16.7 Å². The summed E-state index contributed by atoms with van der Waals surface area (Å²) in [6.07, 6.45) is 3.62. The van der Waals surface area contributed by atoms with Crippen LogP contribution in [0.1, 0.15) is 21.3 Å². The molecule has 8 nitrogen and oxygen atoms in total. The number of aromatic carboxylic acids is 1. The van der Waals surface area contributed by atoms with Gasteiger partial charge in [0.1, 0.15) is 10.8 Å². The maximum Gasteiger partial charge on any atom is 0.355 e. The van der Waals surface area contributed by atoms with Gasteiger partial charge in [-0.1, -0.05) is 0 Å². The van der Waals surface area contributed by atoms with Crippen molar-refractivity contribution in [2.75, 3.05) is 6.54 Å². The summed E-state index contributed by atoms with van der Waals surface area (Å²) in [5.41, 5.74) is 0.00393. The number of hydrogen-bond donors (Lipinski definition) is 2. The Bertz CT molecular complexity index is 680. The molecule has 3 rings (SSSR count). The third kappa shape index (κ3) is 2.87. The average molecular weight is 307 g/mol. The normalized spacial score (nSPS) is 13.8. The van der Waals surface area contributed by atoms with E-state index >= 15 is 0 Å². The topological polar surface area (TPSA) is 100 Å². The molecule has 2 aromatic heterocycles. The summed E-state index contributed by atoms with van der Waals surface area (Å²) in [7, 11) is 0. The van der Waals surface area contributed by atoms with Crippen LogP contribution in [0.3, 0.4) is 0 Å². The van der Waals surface area contributed by atoms with Crippen molar-refractivity contribution < 1.29 is 14.7 Å². The van der Waals surface area contributed by atoms with Gasteiger partial charge in [-0.25, -0.2) is 19.6 Å². The Hall–Kier alpha value is -2.42. The maximum atomic E-state index is 12.1. The highest BCUT2D eigenvalue weighted by atomic mass is 32.1. The number of carboxylic acids is 1. The van der Waals surface area contributed by atoms with E-state index < -0.39 is 5.97 Å². The number of carbonyl (C=O) groups is 2. The Morgan fingerprint density at radius 1 is 1.43 bits per heavy atom. The number of fused-ring (bicyclic) bond motifs is 1. The number of imidazole rings is 1. The first-order valence-corrected chi connectivity index (χ1v) is 7.22. The third-order valence-corrected chi connectivity index (χ3v) is 4.04. The molecule has 110 valence electrons. The van der Waals surface area contributed by atoms with Crippen molar-refractivity contribution in [2.45, 2.75) is 19.6 Å². The van der Waals surface area contributed by atoms with Crippen LogP contribution < -0.4 is 5.32 Å². The van der Waals surface area contributed by atoms with Gasteiger partial charge in [0.2, 0.25) is 0 Å². The summed E-state index contributed by atoms with van der Waals surface area (Å²) in [5, 5.41) is 13.6. The smallest absolute Gasteiger partial charge is 0.355 e. The second-order valence-corrected chi connectivity index (χ2v) is 5.49. The molecule has 3 heterocycles. The highest BCUT2D eigenvalue weighted by molar-refractivity contribution is 7.09. The van der Waals surface area contributed by atoms with Gasteiger partial charge in [-0.3, -0.25) is 0 Å². The number of urea groups is 1. The van der Waals surface area contributed by atoms with E-state index in [1.54, 1.807) is 11.1 Å². The van der Waals surface area contributed by atoms with Gasteiger partial charge in [-0.2, -0.15) is 0 Å². The number of thiazole rings is 1. The van der Waals surface area contributed by atoms with Gasteiger partial charge in [-0.05, 0) is 0 Å². The first kappa shape index (κ1) is 13.6. The Labute approximate surface area is 124 Å². The minimum Gasteiger partial charge on any atom is -0.476 e.